The summed E-state index contributed by atoms with van der Waals surface area (Å²) < 4.78 is 60.4. The van der Waals surface area contributed by atoms with Gasteiger partial charge in [-0.25, -0.2) is 0 Å². The second-order valence-corrected chi connectivity index (χ2v) is 18.5. The number of rotatable bonds is 5. The Hall–Kier alpha value is -1.29. The van der Waals surface area contributed by atoms with Gasteiger partial charge in [0.1, 0.15) is 36.3 Å². The number of likely N-dealkylation sites (N-methyl/N-ethyl adjacent to an activating group) is 1. The number of carbonyl (C=O) groups is 1. The van der Waals surface area contributed by atoms with Crippen molar-refractivity contribution in [1.82, 2.24) is 4.90 Å². The number of Topliss-reactive ketones (excluding diaryl/α,β-unsaturated/α-hetero) is 1. The topological polar surface area (TPSA) is 124 Å². The number of aliphatic hydroxyl groups excluding tert-OH is 1. The Morgan fingerprint density at radius 3 is 2.35 bits per heavy atom. The quantitative estimate of drug-likeness (QED) is 0.408. The van der Waals surface area contributed by atoms with Gasteiger partial charge in [-0.1, -0.05) is 20.1 Å². The van der Waals surface area contributed by atoms with Gasteiger partial charge in [-0.2, -0.15) is 0 Å². The van der Waals surface area contributed by atoms with Crippen molar-refractivity contribution in [2.45, 2.75) is 194 Å². The van der Waals surface area contributed by atoms with E-state index in [1.54, 1.807) is 7.11 Å². The van der Waals surface area contributed by atoms with E-state index in [-0.39, 0.29) is 109 Å². The normalized spacial score (nSPS) is 51.0. The van der Waals surface area contributed by atoms with Gasteiger partial charge >= 0.3 is 0 Å². The summed E-state index contributed by atoms with van der Waals surface area (Å²) in [6.45, 7) is 11.7. The zero-order chi connectivity index (χ0) is 37.5. The maximum atomic E-state index is 14.2. The third kappa shape index (κ3) is 7.22. The van der Waals surface area contributed by atoms with Gasteiger partial charge in [-0.15, -0.1) is 0 Å². The maximum absolute atomic E-state index is 14.2. The highest BCUT2D eigenvalue weighted by Gasteiger charge is 2.68. The van der Waals surface area contributed by atoms with E-state index in [1.165, 1.54) is 0 Å². The molecule has 10 fully saturated rings. The average Bonchev–Trinajstić information content (AvgIpc) is 3.79. The van der Waals surface area contributed by atoms with Crippen LogP contribution in [0, 0.1) is 11.8 Å². The molecule has 10 saturated heterocycles. The number of nitrogens with zero attached hydrogens (tertiary/aromatic N) is 1. The molecule has 0 aliphatic carbocycles. The van der Waals surface area contributed by atoms with Crippen molar-refractivity contribution < 1.29 is 52.5 Å². The molecule has 1 N–H and O–H groups in total. The fraction of sp³-hybridized carbons (Fsp3) is 0.881. The third-order valence-corrected chi connectivity index (χ3v) is 14.3. The van der Waals surface area contributed by atoms with Gasteiger partial charge in [0.2, 0.25) is 0 Å². The average molecular weight is 758 g/mol. The number of aliphatic hydroxyl groups is 1. The van der Waals surface area contributed by atoms with E-state index >= 15 is 0 Å². The molecule has 0 radical (unpaired) electrons. The lowest BCUT2D eigenvalue weighted by Gasteiger charge is -2.47. The summed E-state index contributed by atoms with van der Waals surface area (Å²) in [6, 6.07) is 0. The number of fused-ring (bicyclic) bond motifs is 6. The highest BCUT2D eigenvalue weighted by molar-refractivity contribution is 5.79. The summed E-state index contributed by atoms with van der Waals surface area (Å²) in [6.07, 6.45) is 5.33. The lowest BCUT2D eigenvalue weighted by atomic mass is 9.81. The number of hydrogen-bond donors (Lipinski definition) is 1. The van der Waals surface area contributed by atoms with E-state index in [1.807, 2.05) is 19.0 Å². The lowest BCUT2D eigenvalue weighted by Crippen LogP contribution is -2.61. The molecule has 12 bridgehead atoms. The van der Waals surface area contributed by atoms with Crippen LogP contribution in [0.15, 0.2) is 24.3 Å². The van der Waals surface area contributed by atoms with Crippen molar-refractivity contribution in [3.05, 3.63) is 24.3 Å². The van der Waals surface area contributed by atoms with E-state index in [0.717, 1.165) is 56.1 Å². The molecular formula is C42H63NO11. The monoisotopic (exact) mass is 757 g/mol. The van der Waals surface area contributed by atoms with E-state index in [4.69, 9.17) is 42.6 Å². The van der Waals surface area contributed by atoms with E-state index in [9.17, 15) is 9.90 Å². The first-order valence-corrected chi connectivity index (χ1v) is 21.0. The van der Waals surface area contributed by atoms with E-state index in [2.05, 4.69) is 20.1 Å². The predicted octanol–water partition coefficient (Wildman–Crippen LogP) is 4.04. The van der Waals surface area contributed by atoms with Gasteiger partial charge in [-0.05, 0) is 76.1 Å². The van der Waals surface area contributed by atoms with Crippen LogP contribution in [0.2, 0.25) is 0 Å². The third-order valence-electron chi connectivity index (χ3n) is 14.3. The van der Waals surface area contributed by atoms with E-state index in [0.29, 0.717) is 45.1 Å². The molecule has 10 rings (SSSR count). The number of methoxy groups -OCH3 is 1. The first kappa shape index (κ1) is 38.2. The largest absolute Gasteiger partial charge is 0.392 e. The Morgan fingerprint density at radius 1 is 0.796 bits per heavy atom. The molecule has 54 heavy (non-hydrogen) atoms. The van der Waals surface area contributed by atoms with Crippen LogP contribution in [0.1, 0.15) is 90.4 Å². The van der Waals surface area contributed by atoms with Gasteiger partial charge in [-0.3, -0.25) is 4.79 Å². The first-order valence-electron chi connectivity index (χ1n) is 21.0. The molecule has 0 aromatic heterocycles. The second-order valence-electron chi connectivity index (χ2n) is 18.5. The van der Waals surface area contributed by atoms with Crippen LogP contribution in [-0.4, -0.2) is 147 Å². The molecule has 19 atom stereocenters. The van der Waals surface area contributed by atoms with Gasteiger partial charge in [0, 0.05) is 58.1 Å². The SMILES string of the molecule is C=C1C[C@@H]2CC[C@@]34C[C@@H]5O[C@@H]6C(O[C@H]7CC[C@H](CC(=O)C[C@@H]8[C@@H](OC)[C@@H](C[C@H](O)CN(C)C)O[C@H]8C[C@H]8O[C@@H](CC[C@@H]1O2)C[C@@H](C)C8=C)O[C@@H]7[C@@H]6O3)[C@H]5O4. The summed E-state index contributed by atoms with van der Waals surface area (Å²) in [4.78, 5) is 16.1. The highest BCUT2D eigenvalue weighted by Crippen LogP contribution is 2.54. The standard InChI is InChI=1S/C42H63NO11/c1-21-13-26-7-9-30-22(2)14-28(47-30)11-12-42-19-35-38(53-42)39-40(52-35)41(54-42)37-31(51-39)10-8-27(49-37)15-24(44)16-29-33(18-32(48-26)23(21)3)50-34(36(29)46-6)17-25(45)20-43(4)5/h21,25-41,45H,2-3,7-20H2,1,4-6H3/t21-,25+,26+,27-,28+,29+,30+,31+,32-,33+,34-,35+,36-,37+,38+,39?,40-,41+,42+/m1/s1. The molecule has 0 aromatic rings. The molecule has 1 spiro atoms. The van der Waals surface area contributed by atoms with Crippen molar-refractivity contribution in [3.63, 3.8) is 0 Å². The number of hydrogen-bond acceptors (Lipinski definition) is 12. The van der Waals surface area contributed by atoms with Crippen molar-refractivity contribution >= 4 is 5.78 Å². The predicted molar refractivity (Wildman–Crippen MR) is 196 cm³/mol. The Kier molecular flexibility index (Phi) is 10.7. The van der Waals surface area contributed by atoms with Crippen molar-refractivity contribution in [2.75, 3.05) is 27.7 Å². The Labute approximate surface area is 320 Å². The van der Waals surface area contributed by atoms with Gasteiger partial charge in [0.15, 0.2) is 5.79 Å². The van der Waals surface area contributed by atoms with Crippen LogP contribution in [0.5, 0.6) is 0 Å². The van der Waals surface area contributed by atoms with Crippen LogP contribution < -0.4 is 0 Å². The maximum Gasteiger partial charge on any atom is 0.172 e. The van der Waals surface area contributed by atoms with Crippen molar-refractivity contribution in [3.8, 4) is 0 Å². The van der Waals surface area contributed by atoms with Crippen molar-refractivity contribution in [1.29, 1.82) is 0 Å². The minimum absolute atomic E-state index is 0.0115. The molecule has 12 heteroatoms. The number of carbonyl (C=O) groups excluding carboxylic acids is 1. The van der Waals surface area contributed by atoms with Crippen LogP contribution in [0.25, 0.3) is 0 Å². The number of ketones is 1. The molecule has 1 unspecified atom stereocenters. The van der Waals surface area contributed by atoms with E-state index < -0.39 is 11.9 Å². The molecule has 12 nitrogen and oxygen atoms in total. The second kappa shape index (κ2) is 15.1. The van der Waals surface area contributed by atoms with Crippen LogP contribution in [0.4, 0.5) is 0 Å². The van der Waals surface area contributed by atoms with Crippen LogP contribution in [0.3, 0.4) is 0 Å². The fourth-order valence-electron chi connectivity index (χ4n) is 11.7. The molecule has 0 saturated carbocycles. The molecule has 10 aliphatic rings. The smallest absolute Gasteiger partial charge is 0.172 e. The highest BCUT2D eigenvalue weighted by atomic mass is 16.8. The summed E-state index contributed by atoms with van der Waals surface area (Å²) in [5.41, 5.74) is 2.22. The molecule has 0 aromatic carbocycles. The lowest BCUT2D eigenvalue weighted by molar-refractivity contribution is -0.292. The summed E-state index contributed by atoms with van der Waals surface area (Å²) >= 11 is 0. The molecule has 302 valence electrons. The van der Waals surface area contributed by atoms with Gasteiger partial charge in [0.05, 0.1) is 67.1 Å². The molecule has 0 amide bonds. The first-order chi connectivity index (χ1) is 26.0. The van der Waals surface area contributed by atoms with Crippen LogP contribution in [-0.2, 0) is 47.4 Å². The summed E-state index contributed by atoms with van der Waals surface area (Å²) in [5, 5.41) is 11.0. The summed E-state index contributed by atoms with van der Waals surface area (Å²) in [7, 11) is 5.58. The van der Waals surface area contributed by atoms with Crippen LogP contribution >= 0.6 is 0 Å². The molecular weight excluding hydrogens is 694 g/mol. The summed E-state index contributed by atoms with van der Waals surface area (Å²) in [5.74, 6) is -0.571. The molecule has 10 heterocycles. The minimum Gasteiger partial charge on any atom is -0.392 e. The minimum atomic E-state index is -0.777. The Bertz CT molecular complexity index is 1430. The van der Waals surface area contributed by atoms with Crippen molar-refractivity contribution in [2.24, 2.45) is 11.8 Å². The molecule has 10 aliphatic heterocycles. The number of ether oxygens (including phenoxy) is 9. The van der Waals surface area contributed by atoms with Gasteiger partial charge in [0.25, 0.3) is 0 Å². The zero-order valence-corrected chi connectivity index (χ0v) is 32.7. The Balaban J connectivity index is 0.987. The fourth-order valence-corrected chi connectivity index (χ4v) is 11.7. The Morgan fingerprint density at radius 2 is 1.54 bits per heavy atom. The zero-order valence-electron chi connectivity index (χ0n) is 32.7. The van der Waals surface area contributed by atoms with Gasteiger partial charge < -0.3 is 52.6 Å².